The monoisotopic (exact) mass is 479 g/mol. The van der Waals surface area contributed by atoms with Crippen molar-refractivity contribution in [3.8, 4) is 0 Å². The number of carbonyl (C=O) groups is 1. The van der Waals surface area contributed by atoms with Crippen molar-refractivity contribution >= 4 is 27.3 Å². The van der Waals surface area contributed by atoms with Crippen LogP contribution in [-0.4, -0.2) is 40.2 Å². The fourth-order valence-electron chi connectivity index (χ4n) is 4.03. The highest BCUT2D eigenvalue weighted by Gasteiger charge is 2.20. The molecule has 3 rings (SSSR count). The van der Waals surface area contributed by atoms with Crippen LogP contribution < -0.4 is 14.5 Å². The van der Waals surface area contributed by atoms with Gasteiger partial charge in [-0.25, -0.2) is 17.2 Å². The Bertz CT molecular complexity index is 1060. The van der Waals surface area contributed by atoms with Crippen molar-refractivity contribution in [3.05, 3.63) is 59.7 Å². The van der Waals surface area contributed by atoms with Gasteiger partial charge >= 0.3 is 0 Å². The first kappa shape index (κ1) is 25.0. The topological polar surface area (TPSA) is 69.7 Å². The molecule has 1 amide bonds. The fraction of sp³-hybridized carbons (Fsp3) is 0.458. The third-order valence-electron chi connectivity index (χ3n) is 5.85. The molecule has 0 bridgehead atoms. The molecular weight excluding hydrogens is 448 g/mol. The molecule has 0 aromatic heterocycles. The van der Waals surface area contributed by atoms with Crippen molar-refractivity contribution in [2.75, 3.05) is 35.1 Å². The molecule has 0 aliphatic carbocycles. The second-order valence-corrected chi connectivity index (χ2v) is 10.4. The van der Waals surface area contributed by atoms with E-state index < -0.39 is 21.7 Å². The molecule has 180 valence electrons. The first-order chi connectivity index (χ1) is 15.6. The summed E-state index contributed by atoms with van der Waals surface area (Å²) in [6.45, 7) is 4.02. The van der Waals surface area contributed by atoms with Gasteiger partial charge in [-0.1, -0.05) is 12.1 Å². The summed E-state index contributed by atoms with van der Waals surface area (Å²) < 4.78 is 52.0. The lowest BCUT2D eigenvalue weighted by atomic mass is 10.1. The molecule has 1 aliphatic heterocycles. The zero-order valence-electron chi connectivity index (χ0n) is 19.1. The van der Waals surface area contributed by atoms with E-state index in [4.69, 9.17) is 0 Å². The Balaban J connectivity index is 1.52. The Morgan fingerprint density at radius 2 is 1.73 bits per heavy atom. The Hall–Kier alpha value is -2.68. The van der Waals surface area contributed by atoms with Gasteiger partial charge in [0.1, 0.15) is 0 Å². The molecule has 1 fully saturated rings. The summed E-state index contributed by atoms with van der Waals surface area (Å²) >= 11 is 0. The fourth-order valence-corrected chi connectivity index (χ4v) is 4.99. The molecule has 0 spiro atoms. The van der Waals surface area contributed by atoms with Gasteiger partial charge in [0.15, 0.2) is 11.6 Å². The normalized spacial score (nSPS) is 15.2. The number of sulfonamides is 1. The van der Waals surface area contributed by atoms with E-state index in [-0.39, 0.29) is 37.0 Å². The Labute approximate surface area is 194 Å². The molecule has 1 aliphatic rings. The second kappa shape index (κ2) is 11.0. The van der Waals surface area contributed by atoms with Crippen LogP contribution in [0.5, 0.6) is 0 Å². The van der Waals surface area contributed by atoms with Gasteiger partial charge in [-0.15, -0.1) is 0 Å². The van der Waals surface area contributed by atoms with Crippen molar-refractivity contribution in [2.45, 2.75) is 45.1 Å². The first-order valence-corrected chi connectivity index (χ1v) is 13.1. The Morgan fingerprint density at radius 1 is 1.06 bits per heavy atom. The number of hydrogen-bond acceptors (Lipinski definition) is 4. The van der Waals surface area contributed by atoms with E-state index in [1.807, 2.05) is 19.1 Å². The molecule has 1 heterocycles. The number of carbonyl (C=O) groups excluding carboxylic acids is 1. The predicted octanol–water partition coefficient (Wildman–Crippen LogP) is 4.38. The SMILES string of the molecule is CC(NC(=O)CCCN(c1ccc(F)c(F)c1)S(C)(=O)=O)c1ccc(N2CCCCC2)cc1. The maximum absolute atomic E-state index is 13.6. The van der Waals surface area contributed by atoms with E-state index in [0.717, 1.165) is 41.3 Å². The molecule has 1 saturated heterocycles. The summed E-state index contributed by atoms with van der Waals surface area (Å²) in [5.41, 5.74) is 2.21. The van der Waals surface area contributed by atoms with Crippen LogP contribution in [-0.2, 0) is 14.8 Å². The number of nitrogens with one attached hydrogen (secondary N) is 1. The molecule has 6 nitrogen and oxygen atoms in total. The number of rotatable bonds is 9. The summed E-state index contributed by atoms with van der Waals surface area (Å²) in [5, 5.41) is 2.93. The maximum Gasteiger partial charge on any atom is 0.232 e. The molecule has 0 radical (unpaired) electrons. The summed E-state index contributed by atoms with van der Waals surface area (Å²) in [4.78, 5) is 14.8. The van der Waals surface area contributed by atoms with Gasteiger partial charge in [-0.3, -0.25) is 9.10 Å². The van der Waals surface area contributed by atoms with E-state index in [1.165, 1.54) is 31.0 Å². The first-order valence-electron chi connectivity index (χ1n) is 11.2. The minimum absolute atomic E-state index is 0.0176. The third kappa shape index (κ3) is 6.90. The quantitative estimate of drug-likeness (QED) is 0.580. The van der Waals surface area contributed by atoms with Crippen molar-refractivity contribution in [3.63, 3.8) is 0 Å². The van der Waals surface area contributed by atoms with Crippen LogP contribution in [0.4, 0.5) is 20.2 Å². The van der Waals surface area contributed by atoms with Gasteiger partial charge in [-0.05, 0) is 62.4 Å². The highest BCUT2D eigenvalue weighted by atomic mass is 32.2. The lowest BCUT2D eigenvalue weighted by Gasteiger charge is -2.29. The van der Waals surface area contributed by atoms with E-state index >= 15 is 0 Å². The minimum Gasteiger partial charge on any atom is -0.372 e. The molecule has 33 heavy (non-hydrogen) atoms. The molecule has 1 unspecified atom stereocenters. The highest BCUT2D eigenvalue weighted by molar-refractivity contribution is 7.92. The van der Waals surface area contributed by atoms with Crippen LogP contribution in [0.1, 0.15) is 50.6 Å². The average Bonchev–Trinajstić information content (AvgIpc) is 2.78. The summed E-state index contributed by atoms with van der Waals surface area (Å²) in [6, 6.07) is 10.9. The maximum atomic E-state index is 13.6. The van der Waals surface area contributed by atoms with Gasteiger partial charge in [0.25, 0.3) is 0 Å². The van der Waals surface area contributed by atoms with Crippen LogP contribution in [0.3, 0.4) is 0 Å². The summed E-state index contributed by atoms with van der Waals surface area (Å²) in [5.74, 6) is -2.38. The Morgan fingerprint density at radius 3 is 2.33 bits per heavy atom. The van der Waals surface area contributed by atoms with Crippen LogP contribution in [0.2, 0.25) is 0 Å². The number of nitrogens with zero attached hydrogens (tertiary/aromatic N) is 2. The number of benzene rings is 2. The highest BCUT2D eigenvalue weighted by Crippen LogP contribution is 2.23. The molecule has 2 aromatic carbocycles. The minimum atomic E-state index is -3.72. The van der Waals surface area contributed by atoms with Crippen LogP contribution in [0, 0.1) is 11.6 Å². The standard InChI is InChI=1S/C24H31F2N3O3S/c1-18(19-8-10-20(11-9-19)28-14-4-3-5-15-28)27-24(30)7-6-16-29(33(2,31)32)21-12-13-22(25)23(26)17-21/h8-13,17-18H,3-7,14-16H2,1-2H3,(H,27,30). The van der Waals surface area contributed by atoms with Crippen molar-refractivity contribution < 1.29 is 22.0 Å². The zero-order chi connectivity index (χ0) is 24.0. The molecule has 2 aromatic rings. The van der Waals surface area contributed by atoms with Gasteiger partial charge in [0.05, 0.1) is 18.0 Å². The van der Waals surface area contributed by atoms with Crippen molar-refractivity contribution in [1.82, 2.24) is 5.32 Å². The summed E-state index contributed by atoms with van der Waals surface area (Å²) in [6.07, 6.45) is 5.02. The van der Waals surface area contributed by atoms with E-state index in [1.54, 1.807) is 0 Å². The van der Waals surface area contributed by atoms with E-state index in [0.29, 0.717) is 0 Å². The smallest absolute Gasteiger partial charge is 0.232 e. The van der Waals surface area contributed by atoms with Crippen molar-refractivity contribution in [2.24, 2.45) is 0 Å². The summed E-state index contributed by atoms with van der Waals surface area (Å²) in [7, 11) is -3.72. The van der Waals surface area contributed by atoms with Crippen molar-refractivity contribution in [1.29, 1.82) is 0 Å². The van der Waals surface area contributed by atoms with E-state index in [2.05, 4.69) is 22.3 Å². The number of halogens is 2. The molecule has 1 atom stereocenters. The van der Waals surface area contributed by atoms with Gasteiger partial charge in [0, 0.05) is 37.8 Å². The average molecular weight is 480 g/mol. The second-order valence-electron chi connectivity index (χ2n) is 8.47. The van der Waals surface area contributed by atoms with Gasteiger partial charge < -0.3 is 10.2 Å². The molecule has 9 heteroatoms. The largest absolute Gasteiger partial charge is 0.372 e. The van der Waals surface area contributed by atoms with Crippen LogP contribution in [0.15, 0.2) is 42.5 Å². The lowest BCUT2D eigenvalue weighted by Crippen LogP contribution is -2.32. The zero-order valence-corrected chi connectivity index (χ0v) is 19.9. The van der Waals surface area contributed by atoms with Crippen LogP contribution in [0.25, 0.3) is 0 Å². The number of anilines is 2. The number of piperidine rings is 1. The van der Waals surface area contributed by atoms with Gasteiger partial charge in [0.2, 0.25) is 15.9 Å². The van der Waals surface area contributed by atoms with E-state index in [9.17, 15) is 22.0 Å². The number of hydrogen-bond donors (Lipinski definition) is 1. The Kier molecular flexibility index (Phi) is 8.29. The third-order valence-corrected chi connectivity index (χ3v) is 7.04. The molecule has 0 saturated carbocycles. The van der Waals surface area contributed by atoms with Gasteiger partial charge in [-0.2, -0.15) is 0 Å². The molecule has 1 N–H and O–H groups in total. The lowest BCUT2D eigenvalue weighted by molar-refractivity contribution is -0.121. The predicted molar refractivity (Wildman–Crippen MR) is 127 cm³/mol. The number of amides is 1. The van der Waals surface area contributed by atoms with Crippen LogP contribution >= 0.6 is 0 Å². The molecular formula is C24H31F2N3O3S.